The summed E-state index contributed by atoms with van der Waals surface area (Å²) in [5.41, 5.74) is 2.05. The van der Waals surface area contributed by atoms with Crippen LogP contribution in [0.1, 0.15) is 25.5 Å². The van der Waals surface area contributed by atoms with E-state index in [2.05, 4.69) is 27.3 Å². The Morgan fingerprint density at radius 2 is 2.19 bits per heavy atom. The molecule has 0 spiro atoms. The number of rotatable bonds is 6. The van der Waals surface area contributed by atoms with Crippen molar-refractivity contribution in [3.05, 3.63) is 42.2 Å². The van der Waals surface area contributed by atoms with Crippen LogP contribution in [0.25, 0.3) is 5.69 Å². The molecule has 1 aliphatic rings. The Morgan fingerprint density at radius 3 is 2.90 bits per heavy atom. The first-order chi connectivity index (χ1) is 10.4. The first kappa shape index (κ1) is 14.2. The molecule has 1 N–H and O–H groups in total. The second-order valence-electron chi connectivity index (χ2n) is 5.58. The van der Waals surface area contributed by atoms with Crippen LogP contribution >= 0.6 is 0 Å². The first-order valence-electron chi connectivity index (χ1n) is 7.78. The van der Waals surface area contributed by atoms with Gasteiger partial charge in [-0.05, 0) is 38.1 Å². The van der Waals surface area contributed by atoms with E-state index in [0.717, 1.165) is 37.6 Å². The molecule has 3 rings (SSSR count). The number of benzene rings is 1. The Bertz CT molecular complexity index is 545. The predicted molar refractivity (Wildman–Crippen MR) is 83.3 cm³/mol. The summed E-state index contributed by atoms with van der Waals surface area (Å²) in [6.45, 7) is 6.45. The van der Waals surface area contributed by atoms with E-state index in [-0.39, 0.29) is 0 Å². The summed E-state index contributed by atoms with van der Waals surface area (Å²) >= 11 is 0. The largest absolute Gasteiger partial charge is 0.315 e. The maximum Gasteiger partial charge on any atom is 0.0971 e. The van der Waals surface area contributed by atoms with Gasteiger partial charge in [0.1, 0.15) is 0 Å². The maximum absolute atomic E-state index is 4.62. The van der Waals surface area contributed by atoms with Crippen molar-refractivity contribution in [1.29, 1.82) is 0 Å². The highest BCUT2D eigenvalue weighted by atomic mass is 15.5. The zero-order chi connectivity index (χ0) is 14.5. The molecular weight excluding hydrogens is 262 g/mol. The van der Waals surface area contributed by atoms with Gasteiger partial charge in [-0.1, -0.05) is 25.1 Å². The Balaban J connectivity index is 1.70. The summed E-state index contributed by atoms with van der Waals surface area (Å²) in [4.78, 5) is 4.24. The van der Waals surface area contributed by atoms with E-state index in [1.165, 1.54) is 12.8 Å². The lowest BCUT2D eigenvalue weighted by atomic mass is 10.2. The second-order valence-corrected chi connectivity index (χ2v) is 5.58. The molecular formula is C16H23N5. The average Bonchev–Trinajstić information content (AvgIpc) is 3.19. The molecule has 1 aliphatic heterocycles. The number of para-hydroxylation sites is 1. The van der Waals surface area contributed by atoms with Gasteiger partial charge in [0.25, 0.3) is 0 Å². The van der Waals surface area contributed by atoms with Crippen LogP contribution in [0.5, 0.6) is 0 Å². The van der Waals surface area contributed by atoms with Gasteiger partial charge in [-0.25, -0.2) is 0 Å². The van der Waals surface area contributed by atoms with E-state index in [0.29, 0.717) is 6.04 Å². The summed E-state index contributed by atoms with van der Waals surface area (Å²) in [5, 5.41) is 12.5. The molecule has 2 aromatic rings. The van der Waals surface area contributed by atoms with Crippen molar-refractivity contribution in [2.45, 2.75) is 32.4 Å². The van der Waals surface area contributed by atoms with Crippen molar-refractivity contribution >= 4 is 0 Å². The number of hydrogen-bond donors (Lipinski definition) is 1. The van der Waals surface area contributed by atoms with E-state index in [4.69, 9.17) is 0 Å². The van der Waals surface area contributed by atoms with E-state index < -0.39 is 0 Å². The standard InChI is InChI=1S/C16H23N5/c1-2-10-20(16-8-9-17-12-16)13-14-11-18-21(19-14)15-6-4-3-5-7-15/h3-7,11,16-17H,2,8-10,12-13H2,1H3. The molecule has 1 saturated heterocycles. The van der Waals surface area contributed by atoms with Gasteiger partial charge in [-0.3, -0.25) is 4.90 Å². The summed E-state index contributed by atoms with van der Waals surface area (Å²) in [7, 11) is 0. The van der Waals surface area contributed by atoms with E-state index in [9.17, 15) is 0 Å². The van der Waals surface area contributed by atoms with E-state index in [1.54, 1.807) is 4.80 Å². The fraction of sp³-hybridized carbons (Fsp3) is 0.500. The Morgan fingerprint density at radius 1 is 1.33 bits per heavy atom. The summed E-state index contributed by atoms with van der Waals surface area (Å²) in [5.74, 6) is 0. The molecule has 1 aromatic heterocycles. The fourth-order valence-corrected chi connectivity index (χ4v) is 2.89. The van der Waals surface area contributed by atoms with Crippen molar-refractivity contribution in [1.82, 2.24) is 25.2 Å². The lowest BCUT2D eigenvalue weighted by Gasteiger charge is -2.26. The SMILES string of the molecule is CCCN(Cc1cnn(-c2ccccc2)n1)C1CCNC1. The molecule has 0 saturated carbocycles. The highest BCUT2D eigenvalue weighted by molar-refractivity contribution is 5.28. The molecule has 1 aromatic carbocycles. The van der Waals surface area contributed by atoms with Crippen LogP contribution in [0.3, 0.4) is 0 Å². The Kier molecular flexibility index (Phi) is 4.62. The zero-order valence-corrected chi connectivity index (χ0v) is 12.6. The van der Waals surface area contributed by atoms with Crippen LogP contribution in [0.4, 0.5) is 0 Å². The van der Waals surface area contributed by atoms with Gasteiger partial charge in [-0.15, -0.1) is 0 Å². The van der Waals surface area contributed by atoms with Crippen LogP contribution < -0.4 is 5.32 Å². The first-order valence-corrected chi connectivity index (χ1v) is 7.78. The van der Waals surface area contributed by atoms with E-state index in [1.807, 2.05) is 36.5 Å². The monoisotopic (exact) mass is 285 g/mol. The third kappa shape index (κ3) is 3.49. The van der Waals surface area contributed by atoms with E-state index >= 15 is 0 Å². The fourth-order valence-electron chi connectivity index (χ4n) is 2.89. The van der Waals surface area contributed by atoms with Gasteiger partial charge in [0, 0.05) is 19.1 Å². The number of aromatic nitrogens is 3. The molecule has 0 bridgehead atoms. The van der Waals surface area contributed by atoms with Crippen LogP contribution in [0.2, 0.25) is 0 Å². The third-order valence-electron chi connectivity index (χ3n) is 3.95. The Labute approximate surface area is 126 Å². The number of nitrogens with one attached hydrogen (secondary N) is 1. The molecule has 1 unspecified atom stereocenters. The predicted octanol–water partition coefficient (Wildman–Crippen LogP) is 1.84. The summed E-state index contributed by atoms with van der Waals surface area (Å²) in [6.07, 6.45) is 4.29. The van der Waals surface area contributed by atoms with Crippen LogP contribution in [-0.4, -0.2) is 45.6 Å². The van der Waals surface area contributed by atoms with Crippen LogP contribution in [0.15, 0.2) is 36.5 Å². The molecule has 21 heavy (non-hydrogen) atoms. The van der Waals surface area contributed by atoms with Crippen molar-refractivity contribution in [2.75, 3.05) is 19.6 Å². The quantitative estimate of drug-likeness (QED) is 0.880. The average molecular weight is 285 g/mol. The van der Waals surface area contributed by atoms with Gasteiger partial charge >= 0.3 is 0 Å². The van der Waals surface area contributed by atoms with Gasteiger partial charge in [0.05, 0.1) is 17.6 Å². The molecule has 112 valence electrons. The molecule has 1 fully saturated rings. The smallest absolute Gasteiger partial charge is 0.0971 e. The minimum atomic E-state index is 0.631. The lowest BCUT2D eigenvalue weighted by Crippen LogP contribution is -2.37. The van der Waals surface area contributed by atoms with Gasteiger partial charge < -0.3 is 5.32 Å². The topological polar surface area (TPSA) is 46.0 Å². The summed E-state index contributed by atoms with van der Waals surface area (Å²) < 4.78 is 0. The molecule has 0 radical (unpaired) electrons. The normalized spacial score (nSPS) is 18.5. The van der Waals surface area contributed by atoms with Gasteiger partial charge in [0.2, 0.25) is 0 Å². The highest BCUT2D eigenvalue weighted by Crippen LogP contribution is 2.13. The molecule has 2 heterocycles. The van der Waals surface area contributed by atoms with Crippen LogP contribution in [0, 0.1) is 0 Å². The van der Waals surface area contributed by atoms with Crippen molar-refractivity contribution in [3.63, 3.8) is 0 Å². The van der Waals surface area contributed by atoms with Crippen molar-refractivity contribution in [3.8, 4) is 5.69 Å². The minimum absolute atomic E-state index is 0.631. The maximum atomic E-state index is 4.62. The molecule has 5 heteroatoms. The lowest BCUT2D eigenvalue weighted by molar-refractivity contribution is 0.197. The number of hydrogen-bond acceptors (Lipinski definition) is 4. The van der Waals surface area contributed by atoms with Gasteiger partial charge in [0.15, 0.2) is 0 Å². The second kappa shape index (κ2) is 6.83. The van der Waals surface area contributed by atoms with Gasteiger partial charge in [-0.2, -0.15) is 15.0 Å². The summed E-state index contributed by atoms with van der Waals surface area (Å²) in [6, 6.07) is 10.7. The minimum Gasteiger partial charge on any atom is -0.315 e. The van der Waals surface area contributed by atoms with Crippen molar-refractivity contribution < 1.29 is 0 Å². The number of nitrogens with zero attached hydrogens (tertiary/aromatic N) is 4. The Hall–Kier alpha value is -1.72. The molecule has 0 aliphatic carbocycles. The molecule has 5 nitrogen and oxygen atoms in total. The van der Waals surface area contributed by atoms with Crippen molar-refractivity contribution in [2.24, 2.45) is 0 Å². The molecule has 0 amide bonds. The van der Waals surface area contributed by atoms with Crippen LogP contribution in [-0.2, 0) is 6.54 Å². The highest BCUT2D eigenvalue weighted by Gasteiger charge is 2.22. The molecule has 1 atom stereocenters. The zero-order valence-electron chi connectivity index (χ0n) is 12.6. The third-order valence-corrected chi connectivity index (χ3v) is 3.95.